The van der Waals surface area contributed by atoms with Gasteiger partial charge in [0.2, 0.25) is 0 Å². The maximum atomic E-state index is 12.9. The van der Waals surface area contributed by atoms with E-state index in [4.69, 9.17) is 11.6 Å². The fourth-order valence-electron chi connectivity index (χ4n) is 5.29. The first kappa shape index (κ1) is 14.8. The standard InChI is InChI=1S/C21H22ClNO/c22-14-8-9-19-17-7-3-4-13-10-20(24)16-6-2-1-5-15(16)18(21(13)17)12-23(19)11-14/h1,5,8-9,16-17H,2-4,6-7,10-12H2. The summed E-state index contributed by atoms with van der Waals surface area (Å²) >= 11 is 6.32. The molecule has 124 valence electrons. The van der Waals surface area contributed by atoms with Crippen LogP contribution in [0.3, 0.4) is 0 Å². The van der Waals surface area contributed by atoms with Crippen molar-refractivity contribution in [2.45, 2.75) is 38.5 Å². The molecule has 0 amide bonds. The number of piperidine rings is 1. The second-order valence-corrected chi connectivity index (χ2v) is 8.12. The summed E-state index contributed by atoms with van der Waals surface area (Å²) in [4.78, 5) is 15.3. The molecule has 3 aliphatic carbocycles. The summed E-state index contributed by atoms with van der Waals surface area (Å²) in [5.41, 5.74) is 7.13. The molecule has 5 rings (SSSR count). The van der Waals surface area contributed by atoms with Crippen LogP contribution >= 0.6 is 11.6 Å². The molecule has 1 saturated heterocycles. The van der Waals surface area contributed by atoms with E-state index in [-0.39, 0.29) is 5.92 Å². The molecule has 3 heteroatoms. The van der Waals surface area contributed by atoms with Gasteiger partial charge in [0.05, 0.1) is 6.54 Å². The fourth-order valence-corrected chi connectivity index (χ4v) is 5.49. The number of Topliss-reactive ketones (excluding diaryl/α,β-unsaturated/α-hetero) is 1. The minimum absolute atomic E-state index is 0.123. The number of allylic oxidation sites excluding steroid dienone is 7. The number of hydrogen-bond acceptors (Lipinski definition) is 2. The average molecular weight is 340 g/mol. The summed E-state index contributed by atoms with van der Waals surface area (Å²) in [7, 11) is 0. The Morgan fingerprint density at radius 2 is 2.04 bits per heavy atom. The zero-order chi connectivity index (χ0) is 16.3. The highest BCUT2D eigenvalue weighted by Gasteiger charge is 2.41. The van der Waals surface area contributed by atoms with Gasteiger partial charge >= 0.3 is 0 Å². The third-order valence-corrected chi connectivity index (χ3v) is 6.54. The molecule has 0 radical (unpaired) electrons. The van der Waals surface area contributed by atoms with Gasteiger partial charge in [0, 0.05) is 35.5 Å². The number of carbonyl (C=O) groups excluding carboxylic acids is 1. The van der Waals surface area contributed by atoms with Gasteiger partial charge in [-0.1, -0.05) is 29.3 Å². The number of nitrogens with zero attached hydrogens (tertiary/aromatic N) is 1. The molecule has 2 unspecified atom stereocenters. The van der Waals surface area contributed by atoms with Crippen molar-refractivity contribution in [3.8, 4) is 0 Å². The first-order valence-corrected chi connectivity index (χ1v) is 9.56. The fraction of sp³-hybridized carbons (Fsp3) is 0.476. The molecule has 5 aliphatic rings. The highest BCUT2D eigenvalue weighted by molar-refractivity contribution is 6.30. The van der Waals surface area contributed by atoms with Crippen LogP contribution in [0.2, 0.25) is 0 Å². The lowest BCUT2D eigenvalue weighted by Crippen LogP contribution is -2.40. The summed E-state index contributed by atoms with van der Waals surface area (Å²) in [5, 5.41) is 0.910. The molecular weight excluding hydrogens is 318 g/mol. The summed E-state index contributed by atoms with van der Waals surface area (Å²) in [6.07, 6.45) is 15.0. The van der Waals surface area contributed by atoms with Gasteiger partial charge < -0.3 is 4.90 Å². The second kappa shape index (κ2) is 5.49. The Balaban J connectivity index is 1.73. The van der Waals surface area contributed by atoms with Gasteiger partial charge in [-0.15, -0.1) is 0 Å². The van der Waals surface area contributed by atoms with Crippen LogP contribution < -0.4 is 0 Å². The van der Waals surface area contributed by atoms with Crippen LogP contribution in [0.25, 0.3) is 0 Å². The Bertz CT molecular complexity index is 780. The lowest BCUT2D eigenvalue weighted by atomic mass is 9.72. The van der Waals surface area contributed by atoms with Crippen molar-refractivity contribution in [2.75, 3.05) is 13.1 Å². The van der Waals surface area contributed by atoms with Crippen molar-refractivity contribution < 1.29 is 4.79 Å². The van der Waals surface area contributed by atoms with Crippen molar-refractivity contribution in [1.29, 1.82) is 0 Å². The first-order chi connectivity index (χ1) is 11.7. The zero-order valence-electron chi connectivity index (χ0n) is 13.9. The van der Waals surface area contributed by atoms with Crippen molar-refractivity contribution in [3.63, 3.8) is 0 Å². The number of rotatable bonds is 0. The van der Waals surface area contributed by atoms with E-state index in [0.717, 1.165) is 37.4 Å². The predicted octanol–water partition coefficient (Wildman–Crippen LogP) is 4.65. The number of carbonyl (C=O) groups is 1. The molecule has 2 nitrogen and oxygen atoms in total. The van der Waals surface area contributed by atoms with Crippen LogP contribution in [0.5, 0.6) is 0 Å². The van der Waals surface area contributed by atoms with Crippen molar-refractivity contribution in [2.24, 2.45) is 11.8 Å². The van der Waals surface area contributed by atoms with Crippen LogP contribution in [0, 0.1) is 11.8 Å². The van der Waals surface area contributed by atoms with Gasteiger partial charge in [0.15, 0.2) is 0 Å². The van der Waals surface area contributed by atoms with E-state index in [1.54, 1.807) is 0 Å². The average Bonchev–Trinajstić information content (AvgIpc) is 2.71. The maximum absolute atomic E-state index is 12.9. The van der Waals surface area contributed by atoms with E-state index in [1.165, 1.54) is 40.8 Å². The number of hydrogen-bond donors (Lipinski definition) is 0. The highest BCUT2D eigenvalue weighted by Crippen LogP contribution is 2.50. The Morgan fingerprint density at radius 3 is 2.96 bits per heavy atom. The quantitative estimate of drug-likeness (QED) is 0.640. The number of fused-ring (bicyclic) bond motifs is 3. The summed E-state index contributed by atoms with van der Waals surface area (Å²) in [6.45, 7) is 1.72. The zero-order valence-corrected chi connectivity index (χ0v) is 14.6. The van der Waals surface area contributed by atoms with E-state index in [9.17, 15) is 4.79 Å². The first-order valence-electron chi connectivity index (χ1n) is 9.18. The molecule has 0 spiro atoms. The van der Waals surface area contributed by atoms with Crippen molar-refractivity contribution >= 4 is 17.4 Å². The van der Waals surface area contributed by atoms with Gasteiger partial charge in [-0.05, 0) is 61.0 Å². The van der Waals surface area contributed by atoms with Gasteiger partial charge in [0.25, 0.3) is 0 Å². The van der Waals surface area contributed by atoms with E-state index in [2.05, 4.69) is 29.2 Å². The number of ketones is 1. The molecule has 0 saturated carbocycles. The SMILES string of the molecule is O=C1CC2=C3C(=C4C=CCCC14)CN1CC(Cl)=CC=C1C3CCC2. The minimum Gasteiger partial charge on any atom is -0.365 e. The van der Waals surface area contributed by atoms with E-state index < -0.39 is 0 Å². The minimum atomic E-state index is 0.123. The van der Waals surface area contributed by atoms with E-state index in [0.29, 0.717) is 18.1 Å². The Morgan fingerprint density at radius 1 is 1.12 bits per heavy atom. The van der Waals surface area contributed by atoms with Crippen LogP contribution in [0.4, 0.5) is 0 Å². The largest absolute Gasteiger partial charge is 0.365 e. The molecular formula is C21H22ClNO. The second-order valence-electron chi connectivity index (χ2n) is 7.63. The molecule has 24 heavy (non-hydrogen) atoms. The molecule has 0 aromatic carbocycles. The van der Waals surface area contributed by atoms with Crippen LogP contribution in [-0.2, 0) is 4.79 Å². The van der Waals surface area contributed by atoms with Crippen LogP contribution in [0.15, 0.2) is 57.3 Å². The molecule has 1 fully saturated rings. The summed E-state index contributed by atoms with van der Waals surface area (Å²) in [6, 6.07) is 0. The van der Waals surface area contributed by atoms with Crippen LogP contribution in [-0.4, -0.2) is 23.8 Å². The molecule has 0 aromatic rings. The summed E-state index contributed by atoms with van der Waals surface area (Å²) in [5.74, 6) is 1.04. The normalized spacial score (nSPS) is 31.9. The highest BCUT2D eigenvalue weighted by atomic mass is 35.5. The molecule has 2 heterocycles. The molecule has 2 atom stereocenters. The topological polar surface area (TPSA) is 20.3 Å². The lowest BCUT2D eigenvalue weighted by molar-refractivity contribution is -0.121. The maximum Gasteiger partial charge on any atom is 0.144 e. The van der Waals surface area contributed by atoms with Gasteiger partial charge in [0.1, 0.15) is 5.78 Å². The summed E-state index contributed by atoms with van der Waals surface area (Å²) < 4.78 is 0. The lowest BCUT2D eigenvalue weighted by Gasteiger charge is -2.45. The van der Waals surface area contributed by atoms with Gasteiger partial charge in [-0.25, -0.2) is 0 Å². The Labute approximate surface area is 148 Å². The Hall–Kier alpha value is -1.54. The molecule has 0 N–H and O–H groups in total. The van der Waals surface area contributed by atoms with Crippen molar-refractivity contribution in [1.82, 2.24) is 4.90 Å². The van der Waals surface area contributed by atoms with E-state index >= 15 is 0 Å². The monoisotopic (exact) mass is 339 g/mol. The predicted molar refractivity (Wildman–Crippen MR) is 96.5 cm³/mol. The third-order valence-electron chi connectivity index (χ3n) is 6.29. The molecule has 2 aliphatic heterocycles. The van der Waals surface area contributed by atoms with Crippen molar-refractivity contribution in [3.05, 3.63) is 57.3 Å². The third kappa shape index (κ3) is 2.12. The Kier molecular flexibility index (Phi) is 3.38. The van der Waals surface area contributed by atoms with Gasteiger partial charge in [-0.2, -0.15) is 0 Å². The van der Waals surface area contributed by atoms with Crippen LogP contribution in [0.1, 0.15) is 38.5 Å². The number of halogens is 1. The molecule has 0 bridgehead atoms. The van der Waals surface area contributed by atoms with E-state index in [1.807, 2.05) is 0 Å². The van der Waals surface area contributed by atoms with Gasteiger partial charge in [-0.3, -0.25) is 4.79 Å². The smallest absolute Gasteiger partial charge is 0.144 e. The molecule has 0 aromatic heterocycles.